The second-order valence-electron chi connectivity index (χ2n) is 13.5. The number of phenols is 1. The Balaban J connectivity index is 0.880. The summed E-state index contributed by atoms with van der Waals surface area (Å²) >= 11 is 0. The van der Waals surface area contributed by atoms with Crippen molar-refractivity contribution in [1.82, 2.24) is 10.2 Å². The maximum Gasteiger partial charge on any atom is 0.252 e. The summed E-state index contributed by atoms with van der Waals surface area (Å²) in [5.74, 6) is 1.49. The first-order valence-electron chi connectivity index (χ1n) is 16.9. The molecule has 1 amide bonds. The van der Waals surface area contributed by atoms with E-state index in [2.05, 4.69) is 68.5 Å². The zero-order valence-corrected chi connectivity index (χ0v) is 26.6. The largest absolute Gasteiger partial charge is 0.508 e. The predicted molar refractivity (Wildman–Crippen MR) is 182 cm³/mol. The number of hydrogen-bond acceptors (Lipinski definition) is 6. The number of nitrogens with zero attached hydrogens (tertiary/aromatic N) is 3. The summed E-state index contributed by atoms with van der Waals surface area (Å²) in [5.41, 5.74) is 6.88. The molecule has 2 saturated heterocycles. The number of aromatic hydroxyl groups is 1. The van der Waals surface area contributed by atoms with Gasteiger partial charge in [0.15, 0.2) is 0 Å². The molecule has 2 atom stereocenters. The molecule has 2 N–H and O–H groups in total. The Morgan fingerprint density at radius 3 is 2.36 bits per heavy atom. The molecule has 242 valence electrons. The average molecular weight is 633 g/mol. The van der Waals surface area contributed by atoms with Gasteiger partial charge in [-0.3, -0.25) is 9.69 Å². The van der Waals surface area contributed by atoms with Crippen LogP contribution in [0.4, 0.5) is 15.8 Å². The lowest BCUT2D eigenvalue weighted by Gasteiger charge is -2.40. The molecule has 0 aliphatic carbocycles. The van der Waals surface area contributed by atoms with Crippen molar-refractivity contribution in [3.8, 4) is 11.5 Å². The highest BCUT2D eigenvalue weighted by molar-refractivity contribution is 5.98. The lowest BCUT2D eigenvalue weighted by molar-refractivity contribution is 0.0965. The fraction of sp³-hybridized carbons (Fsp3) is 0.359. The molecule has 4 heterocycles. The van der Waals surface area contributed by atoms with Gasteiger partial charge in [0.1, 0.15) is 17.3 Å². The van der Waals surface area contributed by atoms with E-state index >= 15 is 0 Å². The third-order valence-electron chi connectivity index (χ3n) is 10.7. The Morgan fingerprint density at radius 1 is 0.830 bits per heavy atom. The number of piperidine rings is 1. The molecule has 8 heteroatoms. The second kappa shape index (κ2) is 12.6. The number of hydrogen-bond donors (Lipinski definition) is 2. The van der Waals surface area contributed by atoms with E-state index in [1.807, 2.05) is 18.2 Å². The molecule has 7 nitrogen and oxygen atoms in total. The van der Waals surface area contributed by atoms with Crippen LogP contribution in [0.5, 0.6) is 11.5 Å². The summed E-state index contributed by atoms with van der Waals surface area (Å²) in [5, 5.41) is 12.9. The van der Waals surface area contributed by atoms with Crippen molar-refractivity contribution >= 4 is 17.3 Å². The van der Waals surface area contributed by atoms with E-state index < -0.39 is 0 Å². The summed E-state index contributed by atoms with van der Waals surface area (Å²) in [4.78, 5) is 19.1. The number of phenolic OH excluding ortho intramolecular Hbond substituents is 1. The average Bonchev–Trinajstić information content (AvgIpc) is 3.47. The number of carbonyl (C=O) groups excluding carboxylic acids is 1. The Morgan fingerprint density at radius 2 is 1.60 bits per heavy atom. The number of benzene rings is 4. The Labute approximate surface area is 275 Å². The third kappa shape index (κ3) is 5.91. The minimum absolute atomic E-state index is 0.141. The van der Waals surface area contributed by atoms with Crippen molar-refractivity contribution in [2.75, 3.05) is 62.2 Å². The van der Waals surface area contributed by atoms with Crippen LogP contribution in [-0.4, -0.2) is 68.3 Å². The Hall–Kier alpha value is -4.56. The SMILES string of the molecule is O=C1NCc2cc(N3CCN(CC4CCN(c5ccc([C@@H]6c7ccc(O)cc7OC[C@@H]6c6ccccc6)cc5)CC4)CC3)c(F)cc21. The van der Waals surface area contributed by atoms with Crippen molar-refractivity contribution in [2.24, 2.45) is 5.92 Å². The van der Waals surface area contributed by atoms with Crippen molar-refractivity contribution in [2.45, 2.75) is 31.2 Å². The van der Waals surface area contributed by atoms with Crippen molar-refractivity contribution in [1.29, 1.82) is 0 Å². The Bertz CT molecular complexity index is 1750. The normalized spacial score (nSPS) is 21.6. The monoisotopic (exact) mass is 632 g/mol. The van der Waals surface area contributed by atoms with Gasteiger partial charge in [-0.15, -0.1) is 0 Å². The van der Waals surface area contributed by atoms with Crippen LogP contribution in [0.25, 0.3) is 0 Å². The molecule has 4 aliphatic rings. The number of amides is 1. The van der Waals surface area contributed by atoms with Gasteiger partial charge in [0.2, 0.25) is 0 Å². The lowest BCUT2D eigenvalue weighted by atomic mass is 9.76. The van der Waals surface area contributed by atoms with E-state index in [1.54, 1.807) is 12.1 Å². The number of rotatable bonds is 6. The van der Waals surface area contributed by atoms with E-state index in [0.717, 1.165) is 75.5 Å². The fourth-order valence-corrected chi connectivity index (χ4v) is 8.08. The minimum Gasteiger partial charge on any atom is -0.508 e. The smallest absolute Gasteiger partial charge is 0.252 e. The first-order valence-corrected chi connectivity index (χ1v) is 16.9. The van der Waals surface area contributed by atoms with Crippen molar-refractivity contribution in [3.63, 3.8) is 0 Å². The zero-order valence-electron chi connectivity index (χ0n) is 26.6. The predicted octanol–water partition coefficient (Wildman–Crippen LogP) is 6.12. The van der Waals surface area contributed by atoms with Gasteiger partial charge in [-0.2, -0.15) is 0 Å². The minimum atomic E-state index is -0.302. The van der Waals surface area contributed by atoms with Gasteiger partial charge >= 0.3 is 0 Å². The summed E-state index contributed by atoms with van der Waals surface area (Å²) in [6, 6.07) is 28.5. The molecule has 4 aromatic rings. The zero-order chi connectivity index (χ0) is 31.9. The van der Waals surface area contributed by atoms with E-state index in [9.17, 15) is 14.3 Å². The molecular weight excluding hydrogens is 591 g/mol. The van der Waals surface area contributed by atoms with E-state index in [-0.39, 0.29) is 29.3 Å². The summed E-state index contributed by atoms with van der Waals surface area (Å²) in [6.07, 6.45) is 2.32. The Kier molecular flexibility index (Phi) is 7.97. The molecule has 47 heavy (non-hydrogen) atoms. The van der Waals surface area contributed by atoms with E-state index in [1.165, 1.54) is 22.9 Å². The van der Waals surface area contributed by atoms with Crippen molar-refractivity contribution in [3.05, 3.63) is 119 Å². The lowest BCUT2D eigenvalue weighted by Crippen LogP contribution is -2.49. The number of nitrogens with one attached hydrogen (secondary N) is 1. The molecule has 4 aliphatic heterocycles. The number of ether oxygens (including phenoxy) is 1. The van der Waals surface area contributed by atoms with Gasteiger partial charge in [0.25, 0.3) is 5.91 Å². The van der Waals surface area contributed by atoms with E-state index in [4.69, 9.17) is 4.74 Å². The molecule has 0 bridgehead atoms. The van der Waals surface area contributed by atoms with Crippen LogP contribution in [0.1, 0.15) is 57.3 Å². The molecular formula is C39H41FN4O3. The summed E-state index contributed by atoms with van der Waals surface area (Å²) in [6.45, 7) is 7.67. The number of piperazine rings is 1. The van der Waals surface area contributed by atoms with Crippen LogP contribution in [0.2, 0.25) is 0 Å². The number of carbonyl (C=O) groups is 1. The van der Waals surface area contributed by atoms with Crippen molar-refractivity contribution < 1.29 is 19.0 Å². The fourth-order valence-electron chi connectivity index (χ4n) is 8.08. The highest BCUT2D eigenvalue weighted by atomic mass is 19.1. The van der Waals surface area contributed by atoms with Crippen LogP contribution in [0.3, 0.4) is 0 Å². The molecule has 0 radical (unpaired) electrons. The first-order chi connectivity index (χ1) is 23.0. The standard InChI is InChI=1S/C39H41FN4O3/c40-35-22-33-29(23-41-39(33)46)20-36(35)44-18-16-42(17-19-44)24-26-12-14-43(15-13-26)30-8-6-28(7-9-30)38-32-11-10-31(45)21-37(32)47-25-34(38)27-4-2-1-3-5-27/h1-11,20-22,26,34,38,45H,12-19,23-25H2,(H,41,46)/t34-,38-/m1/s1. The molecule has 2 fully saturated rings. The highest BCUT2D eigenvalue weighted by Gasteiger charge is 2.34. The van der Waals surface area contributed by atoms with Crippen LogP contribution in [0, 0.1) is 11.7 Å². The summed E-state index contributed by atoms with van der Waals surface area (Å²) in [7, 11) is 0. The van der Waals surface area contributed by atoms with Gasteiger partial charge in [0.05, 0.1) is 12.3 Å². The molecule has 0 unspecified atom stereocenters. The van der Waals surface area contributed by atoms with Gasteiger partial charge in [0, 0.05) is 87.1 Å². The topological polar surface area (TPSA) is 68.3 Å². The van der Waals surface area contributed by atoms with Crippen LogP contribution >= 0.6 is 0 Å². The maximum absolute atomic E-state index is 14.9. The van der Waals surface area contributed by atoms with Gasteiger partial charge in [-0.25, -0.2) is 4.39 Å². The van der Waals surface area contributed by atoms with Crippen LogP contribution < -0.4 is 19.9 Å². The summed E-state index contributed by atoms with van der Waals surface area (Å²) < 4.78 is 21.0. The number of halogens is 1. The molecule has 0 saturated carbocycles. The second-order valence-corrected chi connectivity index (χ2v) is 13.5. The molecule has 0 spiro atoms. The maximum atomic E-state index is 14.9. The van der Waals surface area contributed by atoms with Crippen LogP contribution in [-0.2, 0) is 6.54 Å². The van der Waals surface area contributed by atoms with Gasteiger partial charge < -0.3 is 25.0 Å². The van der Waals surface area contributed by atoms with Gasteiger partial charge in [-0.05, 0) is 65.8 Å². The third-order valence-corrected chi connectivity index (χ3v) is 10.7. The highest BCUT2D eigenvalue weighted by Crippen LogP contribution is 2.47. The van der Waals surface area contributed by atoms with Crippen LogP contribution in [0.15, 0.2) is 84.9 Å². The number of fused-ring (bicyclic) bond motifs is 2. The quantitative estimate of drug-likeness (QED) is 0.267. The molecule has 0 aromatic heterocycles. The van der Waals surface area contributed by atoms with E-state index in [0.29, 0.717) is 30.3 Å². The molecule has 4 aromatic carbocycles. The molecule has 8 rings (SSSR count). The number of anilines is 2. The first kappa shape index (κ1) is 29.8. The van der Waals surface area contributed by atoms with Gasteiger partial charge in [-0.1, -0.05) is 48.5 Å².